The molecule has 30 heavy (non-hydrogen) atoms. The van der Waals surface area contributed by atoms with Gasteiger partial charge in [0.2, 0.25) is 10.0 Å². The quantitative estimate of drug-likeness (QED) is 0.724. The number of nitrogens with zero attached hydrogens (tertiary/aromatic N) is 2. The number of carbonyl (C=O) groups is 1. The molecular formula is C21H22Cl2N2O4S. The van der Waals surface area contributed by atoms with Crippen molar-refractivity contribution in [2.75, 3.05) is 26.2 Å². The fourth-order valence-electron chi connectivity index (χ4n) is 4.17. The molecule has 1 atom stereocenters. The molecule has 1 N–H and O–H groups in total. The van der Waals surface area contributed by atoms with Crippen LogP contribution in [0.15, 0.2) is 41.3 Å². The Morgan fingerprint density at radius 2 is 1.77 bits per heavy atom. The van der Waals surface area contributed by atoms with Crippen LogP contribution in [0.4, 0.5) is 0 Å². The first-order chi connectivity index (χ1) is 14.3. The highest BCUT2D eigenvalue weighted by Gasteiger charge is 2.33. The Labute approximate surface area is 186 Å². The first kappa shape index (κ1) is 21.6. The van der Waals surface area contributed by atoms with Crippen molar-refractivity contribution < 1.29 is 18.3 Å². The van der Waals surface area contributed by atoms with Crippen LogP contribution >= 0.6 is 23.2 Å². The Balaban J connectivity index is 1.45. The Morgan fingerprint density at radius 3 is 2.43 bits per heavy atom. The van der Waals surface area contributed by atoms with Gasteiger partial charge in [-0.3, -0.25) is 9.69 Å². The topological polar surface area (TPSA) is 77.9 Å². The average Bonchev–Trinajstić information content (AvgIpc) is 3.15. The van der Waals surface area contributed by atoms with E-state index in [1.165, 1.54) is 4.31 Å². The van der Waals surface area contributed by atoms with Crippen LogP contribution in [0.5, 0.6) is 0 Å². The highest BCUT2D eigenvalue weighted by molar-refractivity contribution is 7.89. The van der Waals surface area contributed by atoms with Crippen LogP contribution in [0.3, 0.4) is 0 Å². The molecule has 9 heteroatoms. The molecule has 0 saturated carbocycles. The second kappa shape index (κ2) is 8.48. The lowest BCUT2D eigenvalue weighted by atomic mass is 10.0. The maximum atomic E-state index is 13.1. The van der Waals surface area contributed by atoms with Crippen molar-refractivity contribution in [1.29, 1.82) is 0 Å². The third-order valence-corrected chi connectivity index (χ3v) is 8.49. The molecular weight excluding hydrogens is 447 g/mol. The van der Waals surface area contributed by atoms with Gasteiger partial charge < -0.3 is 5.11 Å². The van der Waals surface area contributed by atoms with E-state index in [4.69, 9.17) is 23.2 Å². The molecule has 2 aromatic rings. The summed E-state index contributed by atoms with van der Waals surface area (Å²) < 4.78 is 27.8. The second-order valence-electron chi connectivity index (χ2n) is 7.72. The number of benzene rings is 2. The molecule has 1 aliphatic heterocycles. The van der Waals surface area contributed by atoms with Crippen molar-refractivity contribution in [3.8, 4) is 0 Å². The van der Waals surface area contributed by atoms with Gasteiger partial charge in [0.25, 0.3) is 0 Å². The highest BCUT2D eigenvalue weighted by atomic mass is 35.5. The summed E-state index contributed by atoms with van der Waals surface area (Å²) in [6.07, 6.45) is 1.18. The van der Waals surface area contributed by atoms with E-state index in [1.807, 2.05) is 12.1 Å². The number of hydrogen-bond donors (Lipinski definition) is 1. The number of halogens is 2. The lowest BCUT2D eigenvalue weighted by Crippen LogP contribution is -2.48. The molecule has 1 aliphatic carbocycles. The molecule has 0 bridgehead atoms. The molecule has 1 saturated heterocycles. The molecule has 1 heterocycles. The molecule has 0 aromatic heterocycles. The van der Waals surface area contributed by atoms with Crippen LogP contribution in [0.2, 0.25) is 10.0 Å². The van der Waals surface area contributed by atoms with E-state index in [1.54, 1.807) is 24.3 Å². The van der Waals surface area contributed by atoms with E-state index < -0.39 is 21.9 Å². The Morgan fingerprint density at radius 1 is 1.03 bits per heavy atom. The van der Waals surface area contributed by atoms with Gasteiger partial charge in [-0.2, -0.15) is 4.31 Å². The molecule has 0 amide bonds. The van der Waals surface area contributed by atoms with Gasteiger partial charge in [0.1, 0.15) is 0 Å². The van der Waals surface area contributed by atoms with Crippen LogP contribution < -0.4 is 0 Å². The molecule has 160 valence electrons. The molecule has 4 rings (SSSR count). The summed E-state index contributed by atoms with van der Waals surface area (Å²) in [6, 6.07) is 10.4. The number of sulfonamides is 1. The summed E-state index contributed by atoms with van der Waals surface area (Å²) in [5.74, 6) is -1.53. The summed E-state index contributed by atoms with van der Waals surface area (Å²) in [5.41, 5.74) is 2.58. The summed E-state index contributed by atoms with van der Waals surface area (Å²) in [7, 11) is -3.67. The lowest BCUT2D eigenvalue weighted by molar-refractivity contribution is -0.138. The first-order valence-corrected chi connectivity index (χ1v) is 12.0. The van der Waals surface area contributed by atoms with Crippen molar-refractivity contribution in [1.82, 2.24) is 9.21 Å². The van der Waals surface area contributed by atoms with Crippen molar-refractivity contribution in [3.05, 3.63) is 63.1 Å². The summed E-state index contributed by atoms with van der Waals surface area (Å²) in [4.78, 5) is 13.8. The SMILES string of the molecule is O=C(O)[C@H]1CCc2ccc(S(=O)(=O)N3CCN(Cc4ccc(Cl)c(Cl)c4)CC3)cc21. The number of aryl methyl sites for hydroxylation is 1. The van der Waals surface area contributed by atoms with Crippen molar-refractivity contribution in [2.24, 2.45) is 0 Å². The van der Waals surface area contributed by atoms with Crippen molar-refractivity contribution in [2.45, 2.75) is 30.2 Å². The number of fused-ring (bicyclic) bond motifs is 1. The molecule has 1 fully saturated rings. The minimum absolute atomic E-state index is 0.173. The molecule has 0 radical (unpaired) electrons. The summed E-state index contributed by atoms with van der Waals surface area (Å²) in [5, 5.41) is 10.4. The smallest absolute Gasteiger partial charge is 0.310 e. The van der Waals surface area contributed by atoms with E-state index in [9.17, 15) is 18.3 Å². The predicted octanol–water partition coefficient (Wildman–Crippen LogP) is 3.61. The zero-order valence-corrected chi connectivity index (χ0v) is 18.6. The van der Waals surface area contributed by atoms with Gasteiger partial charge in [0.15, 0.2) is 0 Å². The third kappa shape index (κ3) is 4.22. The van der Waals surface area contributed by atoms with Crippen LogP contribution in [-0.4, -0.2) is 54.9 Å². The number of piperazine rings is 1. The fraction of sp³-hybridized carbons (Fsp3) is 0.381. The number of carboxylic acid groups (broad SMARTS) is 1. The molecule has 6 nitrogen and oxygen atoms in total. The number of aliphatic carboxylic acids is 1. The minimum atomic E-state index is -3.67. The maximum Gasteiger partial charge on any atom is 0.310 e. The molecule has 2 aromatic carbocycles. The summed E-state index contributed by atoms with van der Waals surface area (Å²) in [6.45, 7) is 2.63. The zero-order valence-electron chi connectivity index (χ0n) is 16.2. The van der Waals surface area contributed by atoms with E-state index in [0.717, 1.165) is 11.1 Å². The maximum absolute atomic E-state index is 13.1. The third-order valence-electron chi connectivity index (χ3n) is 5.85. The van der Waals surface area contributed by atoms with Gasteiger partial charge in [0.05, 0.1) is 20.9 Å². The Hall–Kier alpha value is -1.64. The van der Waals surface area contributed by atoms with Gasteiger partial charge in [-0.05, 0) is 53.8 Å². The lowest BCUT2D eigenvalue weighted by Gasteiger charge is -2.34. The Bertz CT molecular complexity index is 1080. The van der Waals surface area contributed by atoms with Crippen LogP contribution in [-0.2, 0) is 27.8 Å². The van der Waals surface area contributed by atoms with E-state index in [2.05, 4.69) is 4.90 Å². The average molecular weight is 469 g/mol. The normalized spacial score (nSPS) is 20.3. The zero-order chi connectivity index (χ0) is 21.5. The fourth-order valence-corrected chi connectivity index (χ4v) is 5.95. The monoisotopic (exact) mass is 468 g/mol. The van der Waals surface area contributed by atoms with E-state index >= 15 is 0 Å². The number of hydrogen-bond acceptors (Lipinski definition) is 4. The van der Waals surface area contributed by atoms with Gasteiger partial charge in [0, 0.05) is 32.7 Å². The van der Waals surface area contributed by atoms with Crippen LogP contribution in [0, 0.1) is 0 Å². The highest BCUT2D eigenvalue weighted by Crippen LogP contribution is 2.35. The van der Waals surface area contributed by atoms with Gasteiger partial charge in [-0.1, -0.05) is 35.3 Å². The van der Waals surface area contributed by atoms with E-state index in [0.29, 0.717) is 61.2 Å². The van der Waals surface area contributed by atoms with Gasteiger partial charge >= 0.3 is 5.97 Å². The van der Waals surface area contributed by atoms with E-state index in [-0.39, 0.29) is 4.90 Å². The van der Waals surface area contributed by atoms with Gasteiger partial charge in [-0.25, -0.2) is 8.42 Å². The molecule has 0 unspecified atom stereocenters. The van der Waals surface area contributed by atoms with Crippen molar-refractivity contribution >= 4 is 39.2 Å². The largest absolute Gasteiger partial charge is 0.481 e. The van der Waals surface area contributed by atoms with Crippen LogP contribution in [0.25, 0.3) is 0 Å². The number of rotatable bonds is 5. The minimum Gasteiger partial charge on any atom is -0.481 e. The van der Waals surface area contributed by atoms with Crippen molar-refractivity contribution in [3.63, 3.8) is 0 Å². The Kier molecular flexibility index (Phi) is 6.10. The number of carboxylic acids is 1. The molecule has 0 spiro atoms. The standard InChI is InChI=1S/C21H22Cl2N2O4S/c22-19-6-1-14(11-20(19)23)13-24-7-9-25(10-8-24)30(28,29)16-4-2-15-3-5-17(21(26)27)18(15)12-16/h1-2,4,6,11-12,17H,3,5,7-10,13H2,(H,26,27)/t17-/m0/s1. The van der Waals surface area contributed by atoms with Gasteiger partial charge in [-0.15, -0.1) is 0 Å². The molecule has 2 aliphatic rings. The summed E-state index contributed by atoms with van der Waals surface area (Å²) >= 11 is 12.0. The first-order valence-electron chi connectivity index (χ1n) is 9.78. The second-order valence-corrected chi connectivity index (χ2v) is 10.5. The van der Waals surface area contributed by atoms with Crippen LogP contribution in [0.1, 0.15) is 29.0 Å². The predicted molar refractivity (Wildman–Crippen MR) is 116 cm³/mol.